The lowest BCUT2D eigenvalue weighted by Gasteiger charge is -1.95. The molecule has 4 N–H and O–H groups in total. The fraction of sp³-hybridized carbons (Fsp3) is 0.600. The predicted octanol–water partition coefficient (Wildman–Crippen LogP) is -0.218. The van der Waals surface area contributed by atoms with Gasteiger partial charge < -0.3 is 16.2 Å². The molecule has 3 heteroatoms. The first-order valence-corrected chi connectivity index (χ1v) is 2.57. The van der Waals surface area contributed by atoms with Crippen LogP contribution >= 0.6 is 0 Å². The van der Waals surface area contributed by atoms with Crippen LogP contribution in [0.4, 0.5) is 0 Å². The predicted molar refractivity (Wildman–Crippen MR) is 33.0 cm³/mol. The van der Waals surface area contributed by atoms with E-state index in [9.17, 15) is 0 Å². The minimum atomic E-state index is 0.361. The molecule has 0 atom stereocenters. The van der Waals surface area contributed by atoms with Gasteiger partial charge in [0.25, 0.3) is 0 Å². The second-order valence-corrected chi connectivity index (χ2v) is 1.35. The topological polar surface area (TPSA) is 61.3 Å². The van der Waals surface area contributed by atoms with Gasteiger partial charge in [-0.2, -0.15) is 0 Å². The fourth-order valence-electron chi connectivity index (χ4n) is 0.238. The van der Waals surface area contributed by atoms with Crippen molar-refractivity contribution in [2.75, 3.05) is 13.2 Å². The summed E-state index contributed by atoms with van der Waals surface area (Å²) in [6.07, 6.45) is 1.47. The summed E-state index contributed by atoms with van der Waals surface area (Å²) in [6.45, 7) is 2.89. The molecule has 0 aromatic carbocycles. The summed E-state index contributed by atoms with van der Waals surface area (Å²) in [5.41, 5.74) is 11.0. The van der Waals surface area contributed by atoms with Crippen molar-refractivity contribution in [1.29, 1.82) is 0 Å². The van der Waals surface area contributed by atoms with Crippen LogP contribution in [0.1, 0.15) is 6.92 Å². The second kappa shape index (κ2) is 4.46. The molecule has 0 aliphatic rings. The molecule has 0 heterocycles. The molecule has 0 amide bonds. The van der Waals surface area contributed by atoms with Gasteiger partial charge in [-0.25, -0.2) is 0 Å². The third kappa shape index (κ3) is 3.49. The summed E-state index contributed by atoms with van der Waals surface area (Å²) < 4.78 is 4.82. The van der Waals surface area contributed by atoms with Gasteiger partial charge in [0.05, 0.1) is 12.3 Å². The number of hydrogen-bond donors (Lipinski definition) is 2. The van der Waals surface area contributed by atoms with E-state index in [4.69, 9.17) is 16.2 Å². The van der Waals surface area contributed by atoms with Gasteiger partial charge in [0.2, 0.25) is 0 Å². The third-order valence-corrected chi connectivity index (χ3v) is 0.637. The molecule has 0 unspecified atom stereocenters. The monoisotopic (exact) mass is 116 g/mol. The SMILES string of the molecule is CCO/C=C(\N)CN. The fourth-order valence-corrected chi connectivity index (χ4v) is 0.238. The molecule has 0 spiro atoms. The van der Waals surface area contributed by atoms with Crippen molar-refractivity contribution in [3.63, 3.8) is 0 Å². The molecule has 0 bridgehead atoms. The Morgan fingerprint density at radius 2 is 2.38 bits per heavy atom. The average Bonchev–Trinajstić information content (AvgIpc) is 1.83. The standard InChI is InChI=1S/C5H12N2O/c1-2-8-4-5(7)3-6/h4H,2-3,6-7H2,1H3/b5-4-. The number of rotatable bonds is 3. The first-order valence-electron chi connectivity index (χ1n) is 2.57. The molecule has 0 aliphatic carbocycles. The summed E-state index contributed by atoms with van der Waals surface area (Å²) in [5.74, 6) is 0. The van der Waals surface area contributed by atoms with Gasteiger partial charge in [-0.3, -0.25) is 0 Å². The van der Waals surface area contributed by atoms with Crippen molar-refractivity contribution in [3.8, 4) is 0 Å². The van der Waals surface area contributed by atoms with Gasteiger partial charge in [-0.15, -0.1) is 0 Å². The van der Waals surface area contributed by atoms with Crippen LogP contribution in [0.3, 0.4) is 0 Å². The summed E-state index contributed by atoms with van der Waals surface area (Å²) in [4.78, 5) is 0. The van der Waals surface area contributed by atoms with Crippen LogP contribution in [0.2, 0.25) is 0 Å². The van der Waals surface area contributed by atoms with Gasteiger partial charge in [-0.1, -0.05) is 0 Å². The average molecular weight is 116 g/mol. The number of ether oxygens (including phenoxy) is 1. The molecule has 0 saturated heterocycles. The van der Waals surface area contributed by atoms with Crippen LogP contribution in [0.25, 0.3) is 0 Å². The Morgan fingerprint density at radius 3 is 2.75 bits per heavy atom. The molecular formula is C5H12N2O. The maximum Gasteiger partial charge on any atom is 0.103 e. The molecule has 0 radical (unpaired) electrons. The Hall–Kier alpha value is -0.700. The lowest BCUT2D eigenvalue weighted by Crippen LogP contribution is -2.11. The van der Waals surface area contributed by atoms with Crippen LogP contribution in [-0.2, 0) is 4.74 Å². The van der Waals surface area contributed by atoms with Crippen LogP contribution < -0.4 is 11.5 Å². The summed E-state index contributed by atoms with van der Waals surface area (Å²) in [7, 11) is 0. The highest BCUT2D eigenvalue weighted by Gasteiger charge is 1.80. The van der Waals surface area contributed by atoms with Crippen molar-refractivity contribution >= 4 is 0 Å². The van der Waals surface area contributed by atoms with Crippen molar-refractivity contribution in [2.24, 2.45) is 11.5 Å². The molecule has 0 saturated carbocycles. The zero-order chi connectivity index (χ0) is 6.41. The Morgan fingerprint density at radius 1 is 1.75 bits per heavy atom. The Balaban J connectivity index is 3.26. The van der Waals surface area contributed by atoms with Gasteiger partial charge in [-0.05, 0) is 6.92 Å². The summed E-state index contributed by atoms with van der Waals surface area (Å²) in [5, 5.41) is 0. The maximum atomic E-state index is 5.27. The molecule has 48 valence electrons. The Bertz CT molecular complexity index is 80.5. The number of nitrogens with two attached hydrogens (primary N) is 2. The van der Waals surface area contributed by atoms with E-state index in [0.717, 1.165) is 0 Å². The lowest BCUT2D eigenvalue weighted by atomic mass is 10.5. The van der Waals surface area contributed by atoms with E-state index in [1.165, 1.54) is 6.26 Å². The van der Waals surface area contributed by atoms with E-state index in [1.54, 1.807) is 0 Å². The molecule has 3 nitrogen and oxygen atoms in total. The summed E-state index contributed by atoms with van der Waals surface area (Å²) >= 11 is 0. The molecular weight excluding hydrogens is 104 g/mol. The quantitative estimate of drug-likeness (QED) is 0.501. The summed E-state index contributed by atoms with van der Waals surface area (Å²) in [6, 6.07) is 0. The van der Waals surface area contributed by atoms with Gasteiger partial charge in [0.15, 0.2) is 0 Å². The molecule has 0 fully saturated rings. The van der Waals surface area contributed by atoms with Crippen molar-refractivity contribution in [3.05, 3.63) is 12.0 Å². The lowest BCUT2D eigenvalue weighted by molar-refractivity contribution is 0.265. The first kappa shape index (κ1) is 7.30. The van der Waals surface area contributed by atoms with Crippen LogP contribution in [0.5, 0.6) is 0 Å². The first-order chi connectivity index (χ1) is 3.81. The number of hydrogen-bond acceptors (Lipinski definition) is 3. The third-order valence-electron chi connectivity index (χ3n) is 0.637. The van der Waals surface area contributed by atoms with E-state index < -0.39 is 0 Å². The van der Waals surface area contributed by atoms with Gasteiger partial charge in [0, 0.05) is 6.54 Å². The van der Waals surface area contributed by atoms with Crippen LogP contribution in [-0.4, -0.2) is 13.2 Å². The zero-order valence-corrected chi connectivity index (χ0v) is 5.05. The Labute approximate surface area is 49.3 Å². The van der Waals surface area contributed by atoms with Crippen molar-refractivity contribution in [2.45, 2.75) is 6.92 Å². The maximum absolute atomic E-state index is 5.27. The minimum absolute atomic E-state index is 0.361. The largest absolute Gasteiger partial charge is 0.500 e. The molecule has 0 aromatic heterocycles. The van der Waals surface area contributed by atoms with Crippen molar-refractivity contribution in [1.82, 2.24) is 0 Å². The highest BCUT2D eigenvalue weighted by Crippen LogP contribution is 1.79. The van der Waals surface area contributed by atoms with Crippen molar-refractivity contribution < 1.29 is 4.74 Å². The minimum Gasteiger partial charge on any atom is -0.500 e. The van der Waals surface area contributed by atoms with Crippen LogP contribution in [0.15, 0.2) is 12.0 Å². The van der Waals surface area contributed by atoms with Gasteiger partial charge >= 0.3 is 0 Å². The van der Waals surface area contributed by atoms with Crippen LogP contribution in [0, 0.1) is 0 Å². The van der Waals surface area contributed by atoms with E-state index in [2.05, 4.69) is 0 Å². The molecule has 0 rings (SSSR count). The van der Waals surface area contributed by atoms with Gasteiger partial charge in [0.1, 0.15) is 6.26 Å². The molecule has 0 aromatic rings. The molecule has 8 heavy (non-hydrogen) atoms. The van der Waals surface area contributed by atoms with E-state index in [-0.39, 0.29) is 0 Å². The molecule has 0 aliphatic heterocycles. The zero-order valence-electron chi connectivity index (χ0n) is 5.05. The normalized spacial score (nSPS) is 11.5. The highest BCUT2D eigenvalue weighted by atomic mass is 16.5. The van der Waals surface area contributed by atoms with E-state index in [0.29, 0.717) is 18.8 Å². The van der Waals surface area contributed by atoms with E-state index >= 15 is 0 Å². The van der Waals surface area contributed by atoms with E-state index in [1.807, 2.05) is 6.92 Å². The second-order valence-electron chi connectivity index (χ2n) is 1.35. The Kier molecular flexibility index (Phi) is 4.07. The highest BCUT2D eigenvalue weighted by molar-refractivity contribution is 4.91. The smallest absolute Gasteiger partial charge is 0.103 e.